The molecule has 0 bridgehead atoms. The fourth-order valence-electron chi connectivity index (χ4n) is 2.71. The van der Waals surface area contributed by atoms with Crippen molar-refractivity contribution in [1.82, 2.24) is 10.3 Å². The highest BCUT2D eigenvalue weighted by Crippen LogP contribution is 2.25. The predicted octanol–water partition coefficient (Wildman–Crippen LogP) is 5.19. The van der Waals surface area contributed by atoms with Crippen LogP contribution in [0.1, 0.15) is 39.0 Å². The first-order chi connectivity index (χ1) is 13.3. The minimum absolute atomic E-state index is 0.0909. The van der Waals surface area contributed by atoms with Crippen LogP contribution in [0.15, 0.2) is 60.0 Å². The minimum Gasteiger partial charge on any atom is -0.481 e. The van der Waals surface area contributed by atoms with Gasteiger partial charge in [-0.15, -0.1) is 11.3 Å². The Kier molecular flexibility index (Phi) is 6.15. The number of rotatable bonds is 6. The molecule has 4 nitrogen and oxygen atoms in total. The van der Waals surface area contributed by atoms with E-state index in [0.717, 1.165) is 16.3 Å². The quantitative estimate of drug-likeness (QED) is 0.626. The summed E-state index contributed by atoms with van der Waals surface area (Å²) in [5, 5.41) is 5.82. The third kappa shape index (κ3) is 5.20. The lowest BCUT2D eigenvalue weighted by atomic mass is 9.87. The van der Waals surface area contributed by atoms with Crippen LogP contribution in [0.2, 0.25) is 0 Å². The van der Waals surface area contributed by atoms with Gasteiger partial charge in [-0.3, -0.25) is 4.79 Å². The van der Waals surface area contributed by atoms with E-state index in [-0.39, 0.29) is 11.3 Å². The summed E-state index contributed by atoms with van der Waals surface area (Å²) in [6, 6.07) is 17.9. The number of carbonyl (C=O) groups is 1. The zero-order chi connectivity index (χ0) is 20.1. The van der Waals surface area contributed by atoms with Crippen molar-refractivity contribution in [3.63, 3.8) is 0 Å². The number of amides is 1. The van der Waals surface area contributed by atoms with Crippen LogP contribution in [0.4, 0.5) is 0 Å². The molecular formula is C23H26N2O2S. The first-order valence-electron chi connectivity index (χ1n) is 9.37. The van der Waals surface area contributed by atoms with Gasteiger partial charge in [0.05, 0.1) is 12.2 Å². The molecule has 1 amide bonds. The largest absolute Gasteiger partial charge is 0.481 e. The maximum absolute atomic E-state index is 12.4. The Balaban J connectivity index is 1.53. The molecule has 0 radical (unpaired) electrons. The van der Waals surface area contributed by atoms with E-state index in [1.54, 1.807) is 18.3 Å². The summed E-state index contributed by atoms with van der Waals surface area (Å²) >= 11 is 1.57. The van der Waals surface area contributed by atoms with E-state index in [1.807, 2.05) is 60.0 Å². The topological polar surface area (TPSA) is 51.2 Å². The number of hydrogen-bond acceptors (Lipinski definition) is 4. The Labute approximate surface area is 170 Å². The highest BCUT2D eigenvalue weighted by Gasteiger charge is 2.17. The van der Waals surface area contributed by atoms with Gasteiger partial charge in [0, 0.05) is 10.9 Å². The Morgan fingerprint density at radius 1 is 1.11 bits per heavy atom. The number of nitrogens with one attached hydrogen (secondary N) is 1. The van der Waals surface area contributed by atoms with Crippen molar-refractivity contribution < 1.29 is 9.53 Å². The highest BCUT2D eigenvalue weighted by atomic mass is 32.1. The van der Waals surface area contributed by atoms with E-state index in [4.69, 9.17) is 4.74 Å². The maximum Gasteiger partial charge on any atom is 0.261 e. The standard InChI is InChI=1S/C23H26N2O2S/c1-16(27-20-12-10-18(11-13-20)23(2,3)4)21(26)24-14-19-15-28-22(25-19)17-8-6-5-7-9-17/h5-13,15-16H,14H2,1-4H3,(H,24,26). The molecule has 1 atom stereocenters. The van der Waals surface area contributed by atoms with Crippen LogP contribution in [-0.4, -0.2) is 17.0 Å². The van der Waals surface area contributed by atoms with Gasteiger partial charge in [-0.2, -0.15) is 0 Å². The minimum atomic E-state index is -0.576. The second-order valence-corrected chi connectivity index (χ2v) is 8.62. The molecule has 1 N–H and O–H groups in total. The molecule has 1 heterocycles. The van der Waals surface area contributed by atoms with Gasteiger partial charge in [-0.25, -0.2) is 4.98 Å². The van der Waals surface area contributed by atoms with Crippen LogP contribution >= 0.6 is 11.3 Å². The summed E-state index contributed by atoms with van der Waals surface area (Å²) in [5.74, 6) is 0.532. The number of aromatic nitrogens is 1. The normalized spacial score (nSPS) is 12.4. The van der Waals surface area contributed by atoms with Crippen LogP contribution in [0.25, 0.3) is 10.6 Å². The zero-order valence-electron chi connectivity index (χ0n) is 16.7. The van der Waals surface area contributed by atoms with Crippen molar-refractivity contribution in [2.75, 3.05) is 0 Å². The molecule has 146 valence electrons. The van der Waals surface area contributed by atoms with Crippen molar-refractivity contribution in [3.8, 4) is 16.3 Å². The predicted molar refractivity (Wildman–Crippen MR) is 115 cm³/mol. The van der Waals surface area contributed by atoms with Crippen molar-refractivity contribution >= 4 is 17.2 Å². The number of nitrogens with zero attached hydrogens (tertiary/aromatic N) is 1. The Morgan fingerprint density at radius 2 is 1.79 bits per heavy atom. The monoisotopic (exact) mass is 394 g/mol. The number of carbonyl (C=O) groups excluding carboxylic acids is 1. The third-order valence-corrected chi connectivity index (χ3v) is 5.36. The van der Waals surface area contributed by atoms with Crippen molar-refractivity contribution in [1.29, 1.82) is 0 Å². The third-order valence-electron chi connectivity index (χ3n) is 4.42. The average Bonchev–Trinajstić information content (AvgIpc) is 3.15. The number of thiazole rings is 1. The van der Waals surface area contributed by atoms with Crippen LogP contribution < -0.4 is 10.1 Å². The lowest BCUT2D eigenvalue weighted by Gasteiger charge is -2.20. The summed E-state index contributed by atoms with van der Waals surface area (Å²) < 4.78 is 5.78. The average molecular weight is 395 g/mol. The molecule has 0 saturated heterocycles. The van der Waals surface area contributed by atoms with Gasteiger partial charge in [0.25, 0.3) is 5.91 Å². The van der Waals surface area contributed by atoms with E-state index >= 15 is 0 Å². The molecule has 0 aliphatic carbocycles. The van der Waals surface area contributed by atoms with E-state index < -0.39 is 6.10 Å². The summed E-state index contributed by atoms with van der Waals surface area (Å²) in [7, 11) is 0. The van der Waals surface area contributed by atoms with Gasteiger partial charge in [0.15, 0.2) is 6.10 Å². The Bertz CT molecular complexity index is 912. The van der Waals surface area contributed by atoms with Crippen LogP contribution in [0.3, 0.4) is 0 Å². The summed E-state index contributed by atoms with van der Waals surface area (Å²) in [4.78, 5) is 17.0. The second kappa shape index (κ2) is 8.57. The van der Waals surface area contributed by atoms with Crippen molar-refractivity contribution in [2.45, 2.75) is 45.8 Å². The fourth-order valence-corrected chi connectivity index (χ4v) is 3.54. The fraction of sp³-hybridized carbons (Fsp3) is 0.304. The molecule has 3 rings (SSSR count). The molecule has 1 unspecified atom stereocenters. The molecule has 28 heavy (non-hydrogen) atoms. The molecule has 0 aliphatic rings. The molecule has 1 aromatic heterocycles. The van der Waals surface area contributed by atoms with Crippen LogP contribution in [0.5, 0.6) is 5.75 Å². The Hall–Kier alpha value is -2.66. The van der Waals surface area contributed by atoms with Crippen molar-refractivity contribution in [2.24, 2.45) is 0 Å². The Morgan fingerprint density at radius 3 is 2.43 bits per heavy atom. The first kappa shape index (κ1) is 20.1. The van der Waals surface area contributed by atoms with E-state index in [9.17, 15) is 4.79 Å². The van der Waals surface area contributed by atoms with Gasteiger partial charge >= 0.3 is 0 Å². The van der Waals surface area contributed by atoms with E-state index in [1.165, 1.54) is 5.56 Å². The van der Waals surface area contributed by atoms with E-state index in [2.05, 4.69) is 31.1 Å². The van der Waals surface area contributed by atoms with Crippen LogP contribution in [0, 0.1) is 0 Å². The summed E-state index contributed by atoms with van der Waals surface area (Å²) in [6.45, 7) is 8.64. The molecular weight excluding hydrogens is 368 g/mol. The summed E-state index contributed by atoms with van der Waals surface area (Å²) in [6.07, 6.45) is -0.576. The maximum atomic E-state index is 12.4. The smallest absolute Gasteiger partial charge is 0.261 e. The molecule has 5 heteroatoms. The molecule has 0 saturated carbocycles. The first-order valence-corrected chi connectivity index (χ1v) is 10.3. The van der Waals surface area contributed by atoms with Crippen LogP contribution in [-0.2, 0) is 16.8 Å². The van der Waals surface area contributed by atoms with Gasteiger partial charge in [-0.1, -0.05) is 63.2 Å². The lowest BCUT2D eigenvalue weighted by molar-refractivity contribution is -0.127. The molecule has 0 spiro atoms. The van der Waals surface area contributed by atoms with E-state index in [0.29, 0.717) is 12.3 Å². The molecule has 2 aromatic carbocycles. The highest BCUT2D eigenvalue weighted by molar-refractivity contribution is 7.13. The molecule has 0 aliphatic heterocycles. The molecule has 3 aromatic rings. The summed E-state index contributed by atoms with van der Waals surface area (Å²) in [5.41, 5.74) is 3.25. The number of benzene rings is 2. The zero-order valence-corrected chi connectivity index (χ0v) is 17.5. The van der Waals surface area contributed by atoms with Crippen molar-refractivity contribution in [3.05, 3.63) is 71.2 Å². The van der Waals surface area contributed by atoms with Gasteiger partial charge in [0.2, 0.25) is 0 Å². The second-order valence-electron chi connectivity index (χ2n) is 7.76. The van der Waals surface area contributed by atoms with Gasteiger partial charge < -0.3 is 10.1 Å². The SMILES string of the molecule is CC(Oc1ccc(C(C)(C)C)cc1)C(=O)NCc1csc(-c2ccccc2)n1. The number of ether oxygens (including phenoxy) is 1. The number of hydrogen-bond donors (Lipinski definition) is 1. The van der Waals surface area contributed by atoms with Gasteiger partial charge in [-0.05, 0) is 30.0 Å². The molecule has 0 fully saturated rings. The van der Waals surface area contributed by atoms with Gasteiger partial charge in [0.1, 0.15) is 10.8 Å². The lowest BCUT2D eigenvalue weighted by Crippen LogP contribution is -2.36.